The number of benzene rings is 1. The molecule has 0 saturated heterocycles. The van der Waals surface area contributed by atoms with E-state index in [1.54, 1.807) is 13.8 Å². The van der Waals surface area contributed by atoms with Crippen LogP contribution < -0.4 is 11.5 Å². The van der Waals surface area contributed by atoms with Crippen LogP contribution in [0, 0.1) is 32.0 Å². The molecule has 0 unspecified atom stereocenters. The minimum absolute atomic E-state index is 0.0829. The number of nitrogens with two attached hydrogens (primary N) is 2. The van der Waals surface area contributed by atoms with Crippen molar-refractivity contribution in [3.63, 3.8) is 0 Å². The quantitative estimate of drug-likeness (QED) is 0.595. The summed E-state index contributed by atoms with van der Waals surface area (Å²) in [6.07, 6.45) is -0.0829. The highest BCUT2D eigenvalue weighted by Crippen LogP contribution is 2.36. The van der Waals surface area contributed by atoms with Crippen LogP contribution in [0.3, 0.4) is 0 Å². The van der Waals surface area contributed by atoms with Gasteiger partial charge in [-0.1, -0.05) is 13.8 Å². The molecule has 0 aliphatic heterocycles. The highest BCUT2D eigenvalue weighted by atomic mass is 19.1. The fourth-order valence-electron chi connectivity index (χ4n) is 2.19. The van der Waals surface area contributed by atoms with Crippen molar-refractivity contribution < 1.29 is 19.0 Å². The molecule has 120 valence electrons. The van der Waals surface area contributed by atoms with E-state index in [4.69, 9.17) is 11.5 Å². The van der Waals surface area contributed by atoms with E-state index in [0.717, 1.165) is 0 Å². The molecule has 0 radical (unpaired) electrons. The fraction of sp³-hybridized carbons (Fsp3) is 0.417. The Balaban J connectivity index is 3.69. The lowest BCUT2D eigenvalue weighted by Gasteiger charge is -2.27. The van der Waals surface area contributed by atoms with Gasteiger partial charge in [0.2, 0.25) is 11.7 Å². The van der Waals surface area contributed by atoms with Crippen molar-refractivity contribution in [2.75, 3.05) is 0 Å². The van der Waals surface area contributed by atoms with Gasteiger partial charge in [-0.05, 0) is 18.4 Å². The number of carbonyl (C=O) groups excluding carboxylic acids is 1. The second-order valence-corrected chi connectivity index (χ2v) is 5.27. The van der Waals surface area contributed by atoms with Gasteiger partial charge in [-0.25, -0.2) is 0 Å². The number of carbonyl (C=O) groups is 1. The molecule has 9 nitrogen and oxygen atoms in total. The summed E-state index contributed by atoms with van der Waals surface area (Å²) in [6, 6.07) is 0.971. The molecular weight excluding hydrogens is 299 g/mol. The topological polar surface area (TPSA) is 155 Å². The van der Waals surface area contributed by atoms with Gasteiger partial charge in [0, 0.05) is 0 Å². The van der Waals surface area contributed by atoms with Gasteiger partial charge in [0.1, 0.15) is 5.54 Å². The molecule has 0 aliphatic rings. The van der Waals surface area contributed by atoms with Gasteiger partial charge in [-0.15, -0.1) is 0 Å². The Labute approximate surface area is 124 Å². The zero-order valence-electron chi connectivity index (χ0n) is 11.9. The zero-order chi connectivity index (χ0) is 17.2. The van der Waals surface area contributed by atoms with Crippen molar-refractivity contribution >= 4 is 17.3 Å². The highest BCUT2D eigenvalue weighted by Gasteiger charge is 2.42. The second-order valence-electron chi connectivity index (χ2n) is 5.27. The summed E-state index contributed by atoms with van der Waals surface area (Å²) in [5, 5.41) is 21.8. The Morgan fingerprint density at radius 2 is 1.77 bits per heavy atom. The molecule has 0 spiro atoms. The van der Waals surface area contributed by atoms with Gasteiger partial charge < -0.3 is 11.5 Å². The first-order valence-corrected chi connectivity index (χ1v) is 6.22. The first-order valence-electron chi connectivity index (χ1n) is 6.22. The normalized spacial score (nSPS) is 13.7. The number of amides is 1. The smallest absolute Gasteiger partial charge is 0.311 e. The predicted octanol–water partition coefficient (Wildman–Crippen LogP) is 1.33. The number of rotatable bonds is 6. The minimum atomic E-state index is -2.01. The van der Waals surface area contributed by atoms with Crippen LogP contribution in [0.25, 0.3) is 0 Å². The second kappa shape index (κ2) is 6.02. The Kier molecular flexibility index (Phi) is 4.77. The monoisotopic (exact) mass is 314 g/mol. The van der Waals surface area contributed by atoms with Crippen LogP contribution in [0.4, 0.5) is 15.8 Å². The van der Waals surface area contributed by atoms with Crippen LogP contribution in [0.2, 0.25) is 0 Å². The third-order valence-electron chi connectivity index (χ3n) is 3.11. The van der Waals surface area contributed by atoms with E-state index in [2.05, 4.69) is 0 Å². The molecular formula is C12H15FN4O5. The van der Waals surface area contributed by atoms with E-state index in [9.17, 15) is 29.4 Å². The molecule has 1 atom stereocenters. The molecule has 0 aliphatic carbocycles. The number of halogens is 1. The summed E-state index contributed by atoms with van der Waals surface area (Å²) < 4.78 is 13.8. The van der Waals surface area contributed by atoms with Crippen LogP contribution in [0.5, 0.6) is 0 Å². The number of primary amides is 1. The maximum absolute atomic E-state index is 13.8. The first-order chi connectivity index (χ1) is 10.0. The molecule has 0 aromatic heterocycles. The van der Waals surface area contributed by atoms with Crippen molar-refractivity contribution in [3.05, 3.63) is 43.7 Å². The van der Waals surface area contributed by atoms with Crippen molar-refractivity contribution in [2.45, 2.75) is 25.8 Å². The largest absolute Gasteiger partial charge is 0.368 e. The van der Waals surface area contributed by atoms with Crippen LogP contribution in [0.15, 0.2) is 12.1 Å². The molecule has 1 amide bonds. The molecule has 0 saturated carbocycles. The molecule has 1 rings (SSSR count). The van der Waals surface area contributed by atoms with E-state index in [-0.39, 0.29) is 12.3 Å². The summed E-state index contributed by atoms with van der Waals surface area (Å²) in [6.45, 7) is 3.39. The number of nitrogens with zero attached hydrogens (tertiary/aromatic N) is 2. The third-order valence-corrected chi connectivity index (χ3v) is 3.11. The average Bonchev–Trinajstić information content (AvgIpc) is 2.36. The zero-order valence-corrected chi connectivity index (χ0v) is 11.9. The van der Waals surface area contributed by atoms with E-state index in [1.807, 2.05) is 0 Å². The van der Waals surface area contributed by atoms with E-state index in [1.165, 1.54) is 0 Å². The Morgan fingerprint density at radius 1 is 1.27 bits per heavy atom. The lowest BCUT2D eigenvalue weighted by Crippen LogP contribution is -2.50. The van der Waals surface area contributed by atoms with Gasteiger partial charge in [0.25, 0.3) is 5.69 Å². The molecule has 0 heterocycles. The first kappa shape index (κ1) is 17.4. The van der Waals surface area contributed by atoms with Crippen molar-refractivity contribution in [2.24, 2.45) is 17.4 Å². The van der Waals surface area contributed by atoms with Gasteiger partial charge in [0.15, 0.2) is 0 Å². The molecule has 22 heavy (non-hydrogen) atoms. The van der Waals surface area contributed by atoms with Gasteiger partial charge in [-0.2, -0.15) is 4.39 Å². The molecule has 10 heteroatoms. The lowest BCUT2D eigenvalue weighted by atomic mass is 9.81. The van der Waals surface area contributed by atoms with E-state index < -0.39 is 44.0 Å². The summed E-state index contributed by atoms with van der Waals surface area (Å²) >= 11 is 0. The average molecular weight is 314 g/mol. The van der Waals surface area contributed by atoms with E-state index >= 15 is 0 Å². The Morgan fingerprint density at radius 3 is 2.14 bits per heavy atom. The molecule has 4 N–H and O–H groups in total. The number of hydrogen-bond acceptors (Lipinski definition) is 6. The Hall–Kier alpha value is -2.62. The number of nitro groups is 2. The van der Waals surface area contributed by atoms with Gasteiger partial charge >= 0.3 is 5.69 Å². The summed E-state index contributed by atoms with van der Waals surface area (Å²) in [5.41, 5.74) is 6.71. The van der Waals surface area contributed by atoms with E-state index in [0.29, 0.717) is 12.1 Å². The Bertz CT molecular complexity index is 649. The van der Waals surface area contributed by atoms with Crippen LogP contribution >= 0.6 is 0 Å². The molecule has 1 aromatic rings. The summed E-state index contributed by atoms with van der Waals surface area (Å²) in [5.74, 6) is -2.60. The van der Waals surface area contributed by atoms with Crippen molar-refractivity contribution in [3.8, 4) is 0 Å². The standard InChI is InChI=1S/C12H15FN4O5/c1-6(2)5-12(15,11(14)18)7-3-8(13)10(17(21)22)4-9(7)16(19)20/h3-4,6H,5,15H2,1-2H3,(H2,14,18)/t12-/m1/s1. The SMILES string of the molecule is CC(C)C[C@](N)(C(N)=O)c1cc(F)c([N+](=O)[O-])cc1[N+](=O)[O-]. The molecule has 0 bridgehead atoms. The highest BCUT2D eigenvalue weighted by molar-refractivity contribution is 5.87. The maximum Gasteiger partial charge on any atom is 0.311 e. The van der Waals surface area contributed by atoms with Crippen LogP contribution in [0.1, 0.15) is 25.8 Å². The molecule has 0 fully saturated rings. The summed E-state index contributed by atoms with van der Waals surface area (Å²) in [4.78, 5) is 31.4. The van der Waals surface area contributed by atoms with Crippen LogP contribution in [-0.4, -0.2) is 15.8 Å². The van der Waals surface area contributed by atoms with Crippen LogP contribution in [-0.2, 0) is 10.3 Å². The number of hydrogen-bond donors (Lipinski definition) is 2. The third kappa shape index (κ3) is 3.17. The predicted molar refractivity (Wildman–Crippen MR) is 74.2 cm³/mol. The fourth-order valence-corrected chi connectivity index (χ4v) is 2.19. The number of nitro benzene ring substituents is 2. The minimum Gasteiger partial charge on any atom is -0.368 e. The van der Waals surface area contributed by atoms with Gasteiger partial charge in [-0.3, -0.25) is 25.0 Å². The molecule has 1 aromatic carbocycles. The van der Waals surface area contributed by atoms with Crippen molar-refractivity contribution in [1.29, 1.82) is 0 Å². The summed E-state index contributed by atoms with van der Waals surface area (Å²) in [7, 11) is 0. The van der Waals surface area contributed by atoms with Gasteiger partial charge in [0.05, 0.1) is 21.5 Å². The maximum atomic E-state index is 13.8. The van der Waals surface area contributed by atoms with Crippen molar-refractivity contribution in [1.82, 2.24) is 0 Å². The lowest BCUT2D eigenvalue weighted by molar-refractivity contribution is -0.396.